The van der Waals surface area contributed by atoms with Crippen molar-refractivity contribution < 1.29 is 14.3 Å². The standard InChI is InChI=1S/C10H11ClFNO2/c1-4-3-6(11)8(12)7(5(4)2)9(13)10(14)15/h3,9H,13H2,1-2H3,(H,14,15). The zero-order valence-corrected chi connectivity index (χ0v) is 9.10. The average Bonchev–Trinajstić information content (AvgIpc) is 2.15. The number of nitrogens with two attached hydrogens (primary N) is 1. The summed E-state index contributed by atoms with van der Waals surface area (Å²) in [4.78, 5) is 10.7. The fourth-order valence-corrected chi connectivity index (χ4v) is 1.63. The maximum absolute atomic E-state index is 13.6. The first-order valence-corrected chi connectivity index (χ1v) is 4.67. The molecule has 3 N–H and O–H groups in total. The van der Waals surface area contributed by atoms with E-state index in [0.29, 0.717) is 11.1 Å². The van der Waals surface area contributed by atoms with Crippen LogP contribution in [0.25, 0.3) is 0 Å². The summed E-state index contributed by atoms with van der Waals surface area (Å²) < 4.78 is 13.6. The Hall–Kier alpha value is -1.13. The Labute approximate surface area is 91.7 Å². The number of aryl methyl sites for hydroxylation is 1. The van der Waals surface area contributed by atoms with Crippen molar-refractivity contribution in [1.29, 1.82) is 0 Å². The van der Waals surface area contributed by atoms with E-state index in [2.05, 4.69) is 0 Å². The molecule has 5 heteroatoms. The van der Waals surface area contributed by atoms with E-state index in [4.69, 9.17) is 22.4 Å². The Morgan fingerprint density at radius 1 is 1.60 bits per heavy atom. The molecule has 15 heavy (non-hydrogen) atoms. The van der Waals surface area contributed by atoms with E-state index < -0.39 is 17.8 Å². The first-order chi connectivity index (χ1) is 6.86. The van der Waals surface area contributed by atoms with Crippen LogP contribution in [0.5, 0.6) is 0 Å². The molecule has 0 bridgehead atoms. The molecule has 1 aromatic carbocycles. The molecule has 0 amide bonds. The zero-order chi connectivity index (χ0) is 11.7. The predicted molar refractivity (Wildman–Crippen MR) is 55.4 cm³/mol. The highest BCUT2D eigenvalue weighted by atomic mass is 35.5. The molecular formula is C10H11ClFNO2. The predicted octanol–water partition coefficient (Wildman–Crippen LogP) is 2.18. The van der Waals surface area contributed by atoms with Gasteiger partial charge in [0, 0.05) is 5.56 Å². The van der Waals surface area contributed by atoms with Gasteiger partial charge in [-0.25, -0.2) is 4.39 Å². The molecule has 3 nitrogen and oxygen atoms in total. The van der Waals surface area contributed by atoms with E-state index >= 15 is 0 Å². The lowest BCUT2D eigenvalue weighted by Gasteiger charge is -2.14. The van der Waals surface area contributed by atoms with Gasteiger partial charge in [-0.15, -0.1) is 0 Å². The molecule has 0 aromatic heterocycles. The van der Waals surface area contributed by atoms with Crippen LogP contribution in [0.4, 0.5) is 4.39 Å². The van der Waals surface area contributed by atoms with Crippen molar-refractivity contribution in [3.05, 3.63) is 33.6 Å². The monoisotopic (exact) mass is 231 g/mol. The van der Waals surface area contributed by atoms with Crippen molar-refractivity contribution in [3.63, 3.8) is 0 Å². The molecule has 0 radical (unpaired) electrons. The second-order valence-corrected chi connectivity index (χ2v) is 3.75. The van der Waals surface area contributed by atoms with Gasteiger partial charge in [-0.05, 0) is 31.0 Å². The topological polar surface area (TPSA) is 63.3 Å². The molecule has 0 saturated heterocycles. The zero-order valence-electron chi connectivity index (χ0n) is 8.34. The van der Waals surface area contributed by atoms with Crippen LogP contribution in [0.15, 0.2) is 6.07 Å². The smallest absolute Gasteiger partial charge is 0.325 e. The van der Waals surface area contributed by atoms with E-state index in [1.165, 1.54) is 6.07 Å². The van der Waals surface area contributed by atoms with Crippen molar-refractivity contribution >= 4 is 17.6 Å². The van der Waals surface area contributed by atoms with Crippen molar-refractivity contribution in [3.8, 4) is 0 Å². The van der Waals surface area contributed by atoms with Gasteiger partial charge in [-0.2, -0.15) is 0 Å². The van der Waals surface area contributed by atoms with Crippen LogP contribution in [-0.4, -0.2) is 11.1 Å². The maximum atomic E-state index is 13.6. The second-order valence-electron chi connectivity index (χ2n) is 3.34. The minimum absolute atomic E-state index is 0.0486. The van der Waals surface area contributed by atoms with Crippen molar-refractivity contribution in [1.82, 2.24) is 0 Å². The summed E-state index contributed by atoms with van der Waals surface area (Å²) >= 11 is 5.62. The molecule has 0 fully saturated rings. The van der Waals surface area contributed by atoms with Crippen molar-refractivity contribution in [2.45, 2.75) is 19.9 Å². The molecule has 0 heterocycles. The lowest BCUT2D eigenvalue weighted by molar-refractivity contribution is -0.138. The van der Waals surface area contributed by atoms with E-state index in [-0.39, 0.29) is 10.6 Å². The summed E-state index contributed by atoms with van der Waals surface area (Å²) in [5, 5.41) is 8.62. The summed E-state index contributed by atoms with van der Waals surface area (Å²) in [6, 6.07) is 0.0620. The largest absolute Gasteiger partial charge is 0.480 e. The Bertz CT molecular complexity index is 394. The number of carbonyl (C=O) groups is 1. The lowest BCUT2D eigenvalue weighted by atomic mass is 9.97. The molecule has 0 spiro atoms. The van der Waals surface area contributed by atoms with Crippen LogP contribution < -0.4 is 5.73 Å². The molecule has 1 rings (SSSR count). The molecule has 0 saturated carbocycles. The van der Waals surface area contributed by atoms with Gasteiger partial charge in [0.15, 0.2) is 0 Å². The first-order valence-electron chi connectivity index (χ1n) is 4.29. The van der Waals surface area contributed by atoms with Gasteiger partial charge in [0.25, 0.3) is 0 Å². The van der Waals surface area contributed by atoms with Crippen LogP contribution in [0.1, 0.15) is 22.7 Å². The SMILES string of the molecule is Cc1cc(Cl)c(F)c(C(N)C(=O)O)c1C. The quantitative estimate of drug-likeness (QED) is 0.820. The Kier molecular flexibility index (Phi) is 3.31. The van der Waals surface area contributed by atoms with E-state index in [1.807, 2.05) is 0 Å². The number of carboxylic acid groups (broad SMARTS) is 1. The Morgan fingerprint density at radius 3 is 2.60 bits per heavy atom. The maximum Gasteiger partial charge on any atom is 0.325 e. The molecule has 1 unspecified atom stereocenters. The Morgan fingerprint density at radius 2 is 2.13 bits per heavy atom. The van der Waals surface area contributed by atoms with Crippen LogP contribution in [0.3, 0.4) is 0 Å². The molecule has 82 valence electrons. The van der Waals surface area contributed by atoms with Gasteiger partial charge in [0.05, 0.1) is 5.02 Å². The third-order valence-electron chi connectivity index (χ3n) is 2.36. The average molecular weight is 232 g/mol. The number of hydrogen-bond donors (Lipinski definition) is 2. The first kappa shape index (κ1) is 11.9. The molecule has 0 aliphatic carbocycles. The molecule has 1 atom stereocenters. The number of rotatable bonds is 2. The van der Waals surface area contributed by atoms with Gasteiger partial charge in [-0.1, -0.05) is 11.6 Å². The third-order valence-corrected chi connectivity index (χ3v) is 2.64. The number of carboxylic acids is 1. The summed E-state index contributed by atoms with van der Waals surface area (Å²) in [6.45, 7) is 3.34. The summed E-state index contributed by atoms with van der Waals surface area (Å²) in [6.07, 6.45) is 0. The van der Waals surface area contributed by atoms with Gasteiger partial charge in [0.2, 0.25) is 0 Å². The fraction of sp³-hybridized carbons (Fsp3) is 0.300. The van der Waals surface area contributed by atoms with Gasteiger partial charge in [-0.3, -0.25) is 4.79 Å². The summed E-state index contributed by atoms with van der Waals surface area (Å²) in [7, 11) is 0. The van der Waals surface area contributed by atoms with E-state index in [0.717, 1.165) is 0 Å². The number of aliphatic carboxylic acids is 1. The van der Waals surface area contributed by atoms with E-state index in [9.17, 15) is 9.18 Å². The number of halogens is 2. The van der Waals surface area contributed by atoms with Crippen LogP contribution in [0, 0.1) is 19.7 Å². The fourth-order valence-electron chi connectivity index (χ4n) is 1.36. The van der Waals surface area contributed by atoms with Gasteiger partial charge in [0.1, 0.15) is 11.9 Å². The normalized spacial score (nSPS) is 12.6. The molecule has 0 aliphatic rings. The summed E-state index contributed by atoms with van der Waals surface area (Å²) in [5.41, 5.74) is 6.57. The van der Waals surface area contributed by atoms with Gasteiger partial charge >= 0.3 is 5.97 Å². The minimum atomic E-state index is -1.39. The second kappa shape index (κ2) is 4.16. The number of hydrogen-bond acceptors (Lipinski definition) is 2. The minimum Gasteiger partial charge on any atom is -0.480 e. The number of benzene rings is 1. The van der Waals surface area contributed by atoms with E-state index in [1.54, 1.807) is 13.8 Å². The van der Waals surface area contributed by atoms with Crippen LogP contribution in [-0.2, 0) is 4.79 Å². The molecular weight excluding hydrogens is 221 g/mol. The molecule has 1 aromatic rings. The Balaban J connectivity index is 3.45. The van der Waals surface area contributed by atoms with Crippen LogP contribution >= 0.6 is 11.6 Å². The highest BCUT2D eigenvalue weighted by molar-refractivity contribution is 6.31. The van der Waals surface area contributed by atoms with Crippen molar-refractivity contribution in [2.24, 2.45) is 5.73 Å². The van der Waals surface area contributed by atoms with Crippen LogP contribution in [0.2, 0.25) is 5.02 Å². The third kappa shape index (κ3) is 2.11. The highest BCUT2D eigenvalue weighted by Gasteiger charge is 2.23. The van der Waals surface area contributed by atoms with Crippen molar-refractivity contribution in [2.75, 3.05) is 0 Å². The van der Waals surface area contributed by atoms with Gasteiger partial charge < -0.3 is 10.8 Å². The lowest BCUT2D eigenvalue weighted by Crippen LogP contribution is -2.23. The highest BCUT2D eigenvalue weighted by Crippen LogP contribution is 2.28. The molecule has 0 aliphatic heterocycles. The summed E-state index contributed by atoms with van der Waals surface area (Å²) in [5.74, 6) is -2.03.